The third kappa shape index (κ3) is 9.73. The van der Waals surface area contributed by atoms with Crippen molar-refractivity contribution < 1.29 is 8.42 Å². The second-order valence-corrected chi connectivity index (χ2v) is 23.7. The molecule has 0 radical (unpaired) electrons. The summed E-state index contributed by atoms with van der Waals surface area (Å²) in [4.78, 5) is 0.387. The minimum atomic E-state index is -3.54. The molecule has 0 saturated carbocycles. The van der Waals surface area contributed by atoms with Crippen LogP contribution in [0.4, 0.5) is 0 Å². The molecule has 31 heavy (non-hydrogen) atoms. The normalized spacial score (nSPS) is 12.4. The van der Waals surface area contributed by atoms with Crippen molar-refractivity contribution in [3.8, 4) is 0 Å². The molecule has 0 bridgehead atoms. The van der Waals surface area contributed by atoms with Gasteiger partial charge in [-0.3, -0.25) is 0 Å². The van der Waals surface area contributed by atoms with E-state index in [1.165, 1.54) is 51.8 Å². The van der Waals surface area contributed by atoms with Gasteiger partial charge in [-0.2, -0.15) is 0 Å². The molecule has 5 heteroatoms. The molecule has 0 fully saturated rings. The molecule has 0 aromatic heterocycles. The van der Waals surface area contributed by atoms with Crippen molar-refractivity contribution in [1.82, 2.24) is 4.31 Å². The van der Waals surface area contributed by atoms with Crippen molar-refractivity contribution in [2.24, 2.45) is 0 Å². The van der Waals surface area contributed by atoms with Crippen LogP contribution in [0.15, 0.2) is 52.1 Å². The SMILES string of the molecule is C=CCCCN(/C=[CH]/[Sn]([CH2]CCC)([CH2]CCC)[CH2]CCC)S(=O)(=O)c1ccc(C)cc1. The number of unbranched alkanes of at least 4 members (excludes halogenated alkanes) is 4. The van der Waals surface area contributed by atoms with Crippen LogP contribution in [0.5, 0.6) is 0 Å². The number of hydrogen-bond donors (Lipinski definition) is 0. The van der Waals surface area contributed by atoms with Gasteiger partial charge >= 0.3 is 198 Å². The zero-order valence-corrected chi connectivity index (χ0v) is 24.1. The molecule has 0 spiro atoms. The second-order valence-electron chi connectivity index (χ2n) is 8.85. The second kappa shape index (κ2) is 15.2. The molecule has 1 aromatic carbocycles. The topological polar surface area (TPSA) is 37.4 Å². The van der Waals surface area contributed by atoms with E-state index in [4.69, 9.17) is 0 Å². The van der Waals surface area contributed by atoms with Crippen LogP contribution in [-0.4, -0.2) is 37.6 Å². The molecule has 3 nitrogen and oxygen atoms in total. The number of aryl methyl sites for hydroxylation is 1. The van der Waals surface area contributed by atoms with Gasteiger partial charge in [0.1, 0.15) is 0 Å². The third-order valence-corrected chi connectivity index (χ3v) is 21.9. The van der Waals surface area contributed by atoms with Crippen molar-refractivity contribution in [2.45, 2.75) is 97.3 Å². The van der Waals surface area contributed by atoms with Crippen LogP contribution < -0.4 is 0 Å². The van der Waals surface area contributed by atoms with Crippen LogP contribution >= 0.6 is 0 Å². The summed E-state index contributed by atoms with van der Waals surface area (Å²) < 4.78 is 35.0. The van der Waals surface area contributed by atoms with Gasteiger partial charge in [0.2, 0.25) is 0 Å². The summed E-state index contributed by atoms with van der Waals surface area (Å²) in [5.41, 5.74) is 1.07. The van der Waals surface area contributed by atoms with Gasteiger partial charge in [0.05, 0.1) is 0 Å². The quantitative estimate of drug-likeness (QED) is 0.112. The summed E-state index contributed by atoms with van der Waals surface area (Å²) in [5.74, 6) is 0. The fourth-order valence-electron chi connectivity index (χ4n) is 3.96. The van der Waals surface area contributed by atoms with Gasteiger partial charge in [-0.25, -0.2) is 0 Å². The Hall–Kier alpha value is -0.751. The molecule has 0 atom stereocenters. The van der Waals surface area contributed by atoms with E-state index in [1.54, 1.807) is 16.4 Å². The van der Waals surface area contributed by atoms with Gasteiger partial charge in [0.25, 0.3) is 0 Å². The Bertz CT molecular complexity index is 734. The van der Waals surface area contributed by atoms with Crippen LogP contribution in [0.25, 0.3) is 0 Å². The van der Waals surface area contributed by atoms with E-state index in [9.17, 15) is 8.42 Å². The molecule has 176 valence electrons. The fourth-order valence-corrected chi connectivity index (χ4v) is 19.7. The molecule has 0 heterocycles. The predicted molar refractivity (Wildman–Crippen MR) is 139 cm³/mol. The van der Waals surface area contributed by atoms with E-state index < -0.39 is 28.4 Å². The predicted octanol–water partition coefficient (Wildman–Crippen LogP) is 7.85. The molecule has 0 saturated heterocycles. The van der Waals surface area contributed by atoms with Crippen molar-refractivity contribution in [3.05, 3.63) is 52.8 Å². The van der Waals surface area contributed by atoms with Gasteiger partial charge < -0.3 is 0 Å². The molecule has 0 unspecified atom stereocenters. The molecule has 0 aliphatic heterocycles. The molecular formula is C26H45NO2SSn. The monoisotopic (exact) mass is 555 g/mol. The maximum atomic E-state index is 13.5. The number of allylic oxidation sites excluding steroid dienone is 1. The first-order valence-electron chi connectivity index (χ1n) is 12.2. The molecule has 0 amide bonds. The Labute approximate surface area is 196 Å². The Morgan fingerprint density at radius 2 is 1.42 bits per heavy atom. The van der Waals surface area contributed by atoms with Crippen molar-refractivity contribution in [3.63, 3.8) is 0 Å². The third-order valence-electron chi connectivity index (χ3n) is 6.09. The van der Waals surface area contributed by atoms with Crippen LogP contribution in [0.3, 0.4) is 0 Å². The molecule has 0 aliphatic carbocycles. The van der Waals surface area contributed by atoms with Crippen LogP contribution in [0, 0.1) is 6.92 Å². The van der Waals surface area contributed by atoms with E-state index in [1.807, 2.05) is 31.3 Å². The zero-order chi connectivity index (χ0) is 23.2. The number of nitrogens with zero attached hydrogens (tertiary/aromatic N) is 1. The van der Waals surface area contributed by atoms with Crippen molar-refractivity contribution in [1.29, 1.82) is 0 Å². The summed E-state index contributed by atoms with van der Waals surface area (Å²) in [6.07, 6.45) is 12.9. The van der Waals surface area contributed by atoms with Gasteiger partial charge in [-0.1, -0.05) is 0 Å². The van der Waals surface area contributed by atoms with Gasteiger partial charge in [-0.15, -0.1) is 0 Å². The molecular weight excluding hydrogens is 509 g/mol. The summed E-state index contributed by atoms with van der Waals surface area (Å²) in [6, 6.07) is 7.24. The summed E-state index contributed by atoms with van der Waals surface area (Å²) in [5, 5.41) is 0. The first-order valence-corrected chi connectivity index (χ1v) is 21.4. The standard InChI is InChI=1S/C14H18NO2S.3C4H9.Sn/c1-4-6-7-12-15(5-2)18(16,17)14-10-8-13(3)9-11-14;3*1-3-4-2;/h2,4-5,8-11H,1,6-7,12H2,3H3;3*1,3-4H2,2H3;. The summed E-state index contributed by atoms with van der Waals surface area (Å²) >= 11 is -2.56. The van der Waals surface area contributed by atoms with Crippen molar-refractivity contribution in [2.75, 3.05) is 6.54 Å². The van der Waals surface area contributed by atoms with E-state index in [2.05, 4.69) is 31.4 Å². The average molecular weight is 554 g/mol. The van der Waals surface area contributed by atoms with Crippen LogP contribution in [0.1, 0.15) is 77.7 Å². The fraction of sp³-hybridized carbons (Fsp3) is 0.615. The molecule has 0 aliphatic rings. The molecule has 0 N–H and O–H groups in total. The van der Waals surface area contributed by atoms with Crippen molar-refractivity contribution >= 4 is 28.4 Å². The van der Waals surface area contributed by atoms with Gasteiger partial charge in [0, 0.05) is 0 Å². The molecule has 1 rings (SSSR count). The Balaban J connectivity index is 3.29. The number of benzene rings is 1. The molecule has 1 aromatic rings. The number of sulfonamides is 1. The van der Waals surface area contributed by atoms with Gasteiger partial charge in [0.15, 0.2) is 0 Å². The van der Waals surface area contributed by atoms with Crippen LogP contribution in [-0.2, 0) is 10.0 Å². The summed E-state index contributed by atoms with van der Waals surface area (Å²) in [6.45, 7) is 13.1. The minimum absolute atomic E-state index is 0.387. The van der Waals surface area contributed by atoms with Gasteiger partial charge in [-0.05, 0) is 0 Å². The number of hydrogen-bond acceptors (Lipinski definition) is 2. The zero-order valence-electron chi connectivity index (χ0n) is 20.4. The summed E-state index contributed by atoms with van der Waals surface area (Å²) in [7, 11) is -3.54. The van der Waals surface area contributed by atoms with E-state index in [-0.39, 0.29) is 0 Å². The average Bonchev–Trinajstić information content (AvgIpc) is 2.76. The van der Waals surface area contributed by atoms with Crippen LogP contribution in [0.2, 0.25) is 13.3 Å². The van der Waals surface area contributed by atoms with E-state index in [0.29, 0.717) is 11.4 Å². The Morgan fingerprint density at radius 3 is 1.87 bits per heavy atom. The van der Waals surface area contributed by atoms with E-state index in [0.717, 1.165) is 18.4 Å². The maximum absolute atomic E-state index is 13.5. The number of rotatable bonds is 17. The Morgan fingerprint density at radius 1 is 0.903 bits per heavy atom. The van der Waals surface area contributed by atoms with E-state index >= 15 is 0 Å². The first-order chi connectivity index (χ1) is 14.8. The first kappa shape index (κ1) is 28.3. The Kier molecular flexibility index (Phi) is 13.8.